The molecule has 8 heteroatoms. The third kappa shape index (κ3) is 4.12. The Bertz CT molecular complexity index is 1110. The molecule has 0 unspecified atom stereocenters. The minimum absolute atomic E-state index is 0.000746. The zero-order valence-electron chi connectivity index (χ0n) is 15.5. The Kier molecular flexibility index (Phi) is 5.89. The highest BCUT2D eigenvalue weighted by molar-refractivity contribution is 9.10. The van der Waals surface area contributed by atoms with E-state index in [2.05, 4.69) is 26.2 Å². The van der Waals surface area contributed by atoms with E-state index < -0.39 is 5.56 Å². The molecule has 28 heavy (non-hydrogen) atoms. The number of hydrogen-bond acceptors (Lipinski definition) is 4. The molecule has 0 aliphatic heterocycles. The van der Waals surface area contributed by atoms with Crippen LogP contribution in [0.2, 0.25) is 0 Å². The normalized spacial score (nSPS) is 10.7. The summed E-state index contributed by atoms with van der Waals surface area (Å²) in [7, 11) is 1.51. The van der Waals surface area contributed by atoms with E-state index in [9.17, 15) is 14.4 Å². The van der Waals surface area contributed by atoms with Gasteiger partial charge >= 0.3 is 0 Å². The van der Waals surface area contributed by atoms with Crippen LogP contribution in [0, 0.1) is 0 Å². The van der Waals surface area contributed by atoms with Gasteiger partial charge in [0.1, 0.15) is 6.54 Å². The number of fused-ring (bicyclic) bond motifs is 1. The number of halogens is 1. The van der Waals surface area contributed by atoms with Crippen LogP contribution in [0.4, 0.5) is 11.5 Å². The number of benzene rings is 2. The van der Waals surface area contributed by atoms with E-state index >= 15 is 0 Å². The van der Waals surface area contributed by atoms with Crippen molar-refractivity contribution < 1.29 is 9.59 Å². The molecule has 2 aromatic carbocycles. The summed E-state index contributed by atoms with van der Waals surface area (Å²) in [6.07, 6.45) is 0.244. The van der Waals surface area contributed by atoms with Gasteiger partial charge in [-0.1, -0.05) is 41.1 Å². The zero-order chi connectivity index (χ0) is 20.3. The molecule has 1 N–H and O–H groups in total. The van der Waals surface area contributed by atoms with Gasteiger partial charge in [0.2, 0.25) is 17.6 Å². The highest BCUT2D eigenvalue weighted by Gasteiger charge is 2.19. The highest BCUT2D eigenvalue weighted by atomic mass is 79.9. The van der Waals surface area contributed by atoms with Gasteiger partial charge < -0.3 is 5.32 Å². The lowest BCUT2D eigenvalue weighted by Gasteiger charge is -2.18. The number of anilines is 2. The molecule has 0 bridgehead atoms. The van der Waals surface area contributed by atoms with Crippen LogP contribution in [0.15, 0.2) is 57.8 Å². The van der Waals surface area contributed by atoms with Gasteiger partial charge in [0.15, 0.2) is 0 Å². The van der Waals surface area contributed by atoms with Crippen molar-refractivity contribution in [2.24, 2.45) is 0 Å². The van der Waals surface area contributed by atoms with E-state index in [0.29, 0.717) is 16.7 Å². The molecule has 0 atom stereocenters. The lowest BCUT2D eigenvalue weighted by atomic mass is 10.2. The van der Waals surface area contributed by atoms with E-state index in [1.165, 1.54) is 16.5 Å². The van der Waals surface area contributed by atoms with E-state index in [1.807, 2.05) is 6.07 Å². The van der Waals surface area contributed by atoms with Crippen LogP contribution in [0.1, 0.15) is 13.3 Å². The van der Waals surface area contributed by atoms with Gasteiger partial charge in [0.25, 0.3) is 5.56 Å². The van der Waals surface area contributed by atoms with Crippen LogP contribution < -0.4 is 15.8 Å². The molecule has 144 valence electrons. The number of aromatic nitrogens is 2. The lowest BCUT2D eigenvalue weighted by molar-refractivity contribution is -0.118. The first-order chi connectivity index (χ1) is 13.4. The van der Waals surface area contributed by atoms with Crippen molar-refractivity contribution in [3.05, 3.63) is 63.4 Å². The number of para-hydroxylation sites is 2. The van der Waals surface area contributed by atoms with Crippen molar-refractivity contribution >= 4 is 50.3 Å². The third-order valence-corrected chi connectivity index (χ3v) is 4.73. The average Bonchev–Trinajstić information content (AvgIpc) is 2.68. The molecule has 3 aromatic rings. The van der Waals surface area contributed by atoms with E-state index in [1.54, 1.807) is 49.4 Å². The maximum Gasteiger partial charge on any atom is 0.294 e. The van der Waals surface area contributed by atoms with Gasteiger partial charge in [-0.05, 0) is 30.3 Å². The molecule has 3 rings (SSSR count). The molecule has 0 aliphatic rings. The summed E-state index contributed by atoms with van der Waals surface area (Å²) in [5, 5.41) is 2.78. The molecule has 0 saturated carbocycles. The SMILES string of the molecule is CCC(=O)N(C)c1nc2ccccc2n(CC(=O)Nc2cccc(Br)c2)c1=O. The van der Waals surface area contributed by atoms with Crippen molar-refractivity contribution in [2.45, 2.75) is 19.9 Å². The van der Waals surface area contributed by atoms with Gasteiger partial charge in [0, 0.05) is 23.6 Å². The Morgan fingerprint density at radius 3 is 2.64 bits per heavy atom. The van der Waals surface area contributed by atoms with Gasteiger partial charge in [-0.3, -0.25) is 23.9 Å². The van der Waals surface area contributed by atoms with Crippen molar-refractivity contribution in [1.29, 1.82) is 0 Å². The minimum atomic E-state index is -0.493. The fourth-order valence-corrected chi connectivity index (χ4v) is 3.22. The summed E-state index contributed by atoms with van der Waals surface area (Å²) < 4.78 is 2.17. The number of carbonyl (C=O) groups is 2. The lowest BCUT2D eigenvalue weighted by Crippen LogP contribution is -2.36. The Morgan fingerprint density at radius 1 is 1.18 bits per heavy atom. The summed E-state index contributed by atoms with van der Waals surface area (Å²) in [6, 6.07) is 14.2. The van der Waals surface area contributed by atoms with Gasteiger partial charge in [0.05, 0.1) is 11.0 Å². The molecule has 0 aliphatic carbocycles. The van der Waals surface area contributed by atoms with Crippen molar-refractivity contribution in [3.63, 3.8) is 0 Å². The number of amides is 2. The standard InChI is InChI=1S/C20H19BrN4O3/c1-3-18(27)24(2)19-20(28)25(16-10-5-4-9-15(16)23-19)12-17(26)22-14-8-6-7-13(21)11-14/h4-11H,3,12H2,1-2H3,(H,22,26). The van der Waals surface area contributed by atoms with Crippen LogP contribution in [0.25, 0.3) is 11.0 Å². The van der Waals surface area contributed by atoms with Gasteiger partial charge in [-0.25, -0.2) is 4.98 Å². The fraction of sp³-hybridized carbons (Fsp3) is 0.200. The van der Waals surface area contributed by atoms with Crippen LogP contribution in [0.3, 0.4) is 0 Å². The topological polar surface area (TPSA) is 84.3 Å². The molecular formula is C20H19BrN4O3. The molecule has 0 fully saturated rings. The molecule has 0 radical (unpaired) electrons. The molecule has 0 saturated heterocycles. The zero-order valence-corrected chi connectivity index (χ0v) is 17.1. The van der Waals surface area contributed by atoms with Gasteiger partial charge in [-0.15, -0.1) is 0 Å². The summed E-state index contributed by atoms with van der Waals surface area (Å²) in [4.78, 5) is 43.2. The Balaban J connectivity index is 2.01. The average molecular weight is 443 g/mol. The molecule has 2 amide bonds. The summed E-state index contributed by atoms with van der Waals surface area (Å²) in [6.45, 7) is 1.51. The number of carbonyl (C=O) groups excluding carboxylic acids is 2. The monoisotopic (exact) mass is 442 g/mol. The van der Waals surface area contributed by atoms with Crippen molar-refractivity contribution in [3.8, 4) is 0 Å². The first-order valence-corrected chi connectivity index (χ1v) is 9.51. The number of nitrogens with zero attached hydrogens (tertiary/aromatic N) is 3. The van der Waals surface area contributed by atoms with E-state index in [4.69, 9.17) is 0 Å². The second-order valence-corrected chi connectivity index (χ2v) is 7.10. The first kappa shape index (κ1) is 19.8. The van der Waals surface area contributed by atoms with Gasteiger partial charge in [-0.2, -0.15) is 0 Å². The number of hydrogen-bond donors (Lipinski definition) is 1. The summed E-state index contributed by atoms with van der Waals surface area (Å²) in [5.41, 5.74) is 1.18. The van der Waals surface area contributed by atoms with E-state index in [0.717, 1.165) is 4.47 Å². The molecule has 0 spiro atoms. The molecule has 1 heterocycles. The van der Waals surface area contributed by atoms with Crippen LogP contribution >= 0.6 is 15.9 Å². The number of rotatable bonds is 5. The maximum atomic E-state index is 13.0. The Hall–Kier alpha value is -3.00. The molecule has 1 aromatic heterocycles. The maximum absolute atomic E-state index is 13.0. The molecular weight excluding hydrogens is 424 g/mol. The second kappa shape index (κ2) is 8.35. The van der Waals surface area contributed by atoms with Crippen LogP contribution in [-0.2, 0) is 16.1 Å². The van der Waals surface area contributed by atoms with Crippen LogP contribution in [-0.4, -0.2) is 28.4 Å². The fourth-order valence-electron chi connectivity index (χ4n) is 2.82. The molecule has 7 nitrogen and oxygen atoms in total. The predicted octanol–water partition coefficient (Wildman–Crippen LogP) is 3.17. The highest BCUT2D eigenvalue weighted by Crippen LogP contribution is 2.17. The Labute approximate surface area is 170 Å². The first-order valence-electron chi connectivity index (χ1n) is 8.72. The van der Waals surface area contributed by atoms with E-state index in [-0.39, 0.29) is 30.6 Å². The number of nitrogens with one attached hydrogen (secondary N) is 1. The second-order valence-electron chi connectivity index (χ2n) is 6.18. The summed E-state index contributed by atoms with van der Waals surface area (Å²) >= 11 is 3.36. The van der Waals surface area contributed by atoms with Crippen molar-refractivity contribution in [2.75, 3.05) is 17.3 Å². The Morgan fingerprint density at radius 2 is 1.93 bits per heavy atom. The quantitative estimate of drug-likeness (QED) is 0.657. The van der Waals surface area contributed by atoms with Crippen molar-refractivity contribution in [1.82, 2.24) is 9.55 Å². The largest absolute Gasteiger partial charge is 0.324 e. The smallest absolute Gasteiger partial charge is 0.294 e. The van der Waals surface area contributed by atoms with Crippen LogP contribution in [0.5, 0.6) is 0 Å². The minimum Gasteiger partial charge on any atom is -0.324 e. The predicted molar refractivity (Wildman–Crippen MR) is 112 cm³/mol. The third-order valence-electron chi connectivity index (χ3n) is 4.24. The summed E-state index contributed by atoms with van der Waals surface area (Å²) in [5.74, 6) is -0.585.